The van der Waals surface area contributed by atoms with Crippen molar-refractivity contribution < 1.29 is 64.5 Å². The number of carbonyl (C=O) groups is 3. The molecule has 206 valence electrons. The lowest BCUT2D eigenvalue weighted by Gasteiger charge is -2.27. The number of carbonyl (C=O) groups excluding carboxylic acids is 1. The van der Waals surface area contributed by atoms with E-state index in [1.165, 1.54) is 0 Å². The lowest BCUT2D eigenvalue weighted by Crippen LogP contribution is -2.33. The number of pyridine rings is 1. The summed E-state index contributed by atoms with van der Waals surface area (Å²) < 4.78 is 94.8. The van der Waals surface area contributed by atoms with Gasteiger partial charge in [0.05, 0.1) is 0 Å². The number of nitrogens with one attached hydrogen (secondary N) is 1. The zero-order chi connectivity index (χ0) is 28.3. The van der Waals surface area contributed by atoms with Gasteiger partial charge < -0.3 is 31.7 Å². The lowest BCUT2D eigenvalue weighted by atomic mass is 9.92. The Morgan fingerprint density at radius 2 is 1.47 bits per heavy atom. The molecule has 10 nitrogen and oxygen atoms in total. The monoisotopic (exact) mass is 542 g/mol. The molecule has 0 aromatic carbocycles. The molecule has 1 amide bonds. The van der Waals surface area contributed by atoms with Crippen molar-refractivity contribution in [1.82, 2.24) is 4.98 Å². The van der Waals surface area contributed by atoms with Gasteiger partial charge in [0.25, 0.3) is 5.91 Å². The molecule has 0 unspecified atom stereocenters. The van der Waals surface area contributed by atoms with Gasteiger partial charge in [0.15, 0.2) is 11.6 Å². The fraction of sp³-hybridized carbons (Fsp3) is 0.556. The van der Waals surface area contributed by atoms with Gasteiger partial charge in [0.2, 0.25) is 5.88 Å². The summed E-state index contributed by atoms with van der Waals surface area (Å²) in [6, 6.07) is 1.19. The molecule has 0 bridgehead atoms. The van der Waals surface area contributed by atoms with Crippen LogP contribution in [0.15, 0.2) is 6.07 Å². The predicted molar refractivity (Wildman–Crippen MR) is 105 cm³/mol. The van der Waals surface area contributed by atoms with Gasteiger partial charge >= 0.3 is 24.3 Å². The smallest absolute Gasteiger partial charge is 0.475 e. The average Bonchev–Trinajstić information content (AvgIpc) is 2.74. The van der Waals surface area contributed by atoms with Crippen LogP contribution in [0, 0.1) is 5.82 Å². The maximum Gasteiger partial charge on any atom is 0.490 e. The molecule has 2 rings (SSSR count). The van der Waals surface area contributed by atoms with E-state index < -0.39 is 42.7 Å². The van der Waals surface area contributed by atoms with Crippen molar-refractivity contribution >= 4 is 23.7 Å². The van der Waals surface area contributed by atoms with Crippen molar-refractivity contribution in [2.75, 3.05) is 18.6 Å². The highest BCUT2D eigenvalue weighted by atomic mass is 19.4. The number of amides is 1. The number of nitrogens with zero attached hydrogens (tertiary/aromatic N) is 1. The lowest BCUT2D eigenvalue weighted by molar-refractivity contribution is -0.193. The number of ether oxygens (including phenoxy) is 1. The number of alkyl halides is 7. The molecule has 0 radical (unpaired) electrons. The molecule has 1 aliphatic rings. The molecule has 0 atom stereocenters. The predicted octanol–water partition coefficient (Wildman–Crippen LogP) is 2.62. The van der Waals surface area contributed by atoms with E-state index in [-0.39, 0.29) is 36.0 Å². The molecule has 1 aromatic rings. The number of aliphatic carboxylic acids is 2. The Bertz CT molecular complexity index is 866. The second kappa shape index (κ2) is 14.2. The summed E-state index contributed by atoms with van der Waals surface area (Å²) in [6.45, 7) is -1.03. The Morgan fingerprint density at radius 3 is 1.83 bits per heavy atom. The van der Waals surface area contributed by atoms with Crippen LogP contribution in [-0.4, -0.2) is 70.8 Å². The second-order valence-corrected chi connectivity index (χ2v) is 6.94. The number of carboxylic acid groups (broad SMARTS) is 2. The Kier molecular flexibility index (Phi) is 12.8. The first-order valence-electron chi connectivity index (χ1n) is 9.71. The maximum atomic E-state index is 14.1. The first-order valence-corrected chi connectivity index (χ1v) is 9.71. The summed E-state index contributed by atoms with van der Waals surface area (Å²) in [5.74, 6) is -7.28. The minimum absolute atomic E-state index is 0.0284. The van der Waals surface area contributed by atoms with E-state index in [1.54, 1.807) is 0 Å². The van der Waals surface area contributed by atoms with Crippen LogP contribution in [0.2, 0.25) is 0 Å². The van der Waals surface area contributed by atoms with Crippen molar-refractivity contribution in [2.45, 2.75) is 50.1 Å². The Balaban J connectivity index is 0.000000720. The maximum absolute atomic E-state index is 14.1. The number of hydrogen-bond donors (Lipinski definition) is 5. The number of hydrogen-bond acceptors (Lipinski definition) is 7. The van der Waals surface area contributed by atoms with Crippen molar-refractivity contribution in [3.05, 3.63) is 17.4 Å². The van der Waals surface area contributed by atoms with Crippen molar-refractivity contribution in [1.29, 1.82) is 0 Å². The number of primary amides is 1. The zero-order valence-corrected chi connectivity index (χ0v) is 18.1. The molecule has 18 heteroatoms. The molecule has 1 aliphatic carbocycles. The van der Waals surface area contributed by atoms with E-state index in [4.69, 9.17) is 36.0 Å². The van der Waals surface area contributed by atoms with Crippen LogP contribution in [0.5, 0.6) is 5.88 Å². The molecule has 0 spiro atoms. The van der Waals surface area contributed by atoms with Gasteiger partial charge in [-0.2, -0.15) is 31.3 Å². The van der Waals surface area contributed by atoms with Crippen LogP contribution in [-0.2, 0) is 9.59 Å². The Labute approximate surface area is 197 Å². The standard InChI is InChI=1S/C14H20F2N4O2.2C2HF3O2/c15-5-6-22-14-10(12(18)21)7-11(16)13(20-14)19-9-3-1-8(17)2-4-9;2*3-2(4,5)1(6)7/h7-9H,1-6,17H2,(H2,18,21)(H,19,20);2*(H,6,7)/t8-,9-;;. The summed E-state index contributed by atoms with van der Waals surface area (Å²) in [5, 5.41) is 17.2. The van der Waals surface area contributed by atoms with Crippen LogP contribution >= 0.6 is 0 Å². The fourth-order valence-electron chi connectivity index (χ4n) is 2.45. The molecule has 7 N–H and O–H groups in total. The molecule has 1 heterocycles. The van der Waals surface area contributed by atoms with E-state index in [1.807, 2.05) is 0 Å². The van der Waals surface area contributed by atoms with Gasteiger partial charge in [-0.25, -0.2) is 18.4 Å². The minimum Gasteiger partial charge on any atom is -0.475 e. The molecule has 0 saturated heterocycles. The van der Waals surface area contributed by atoms with Crippen LogP contribution in [0.25, 0.3) is 0 Å². The topological polar surface area (TPSA) is 178 Å². The third-order valence-electron chi connectivity index (χ3n) is 4.12. The quantitative estimate of drug-likeness (QED) is 0.338. The number of carboxylic acids is 2. The Hall–Kier alpha value is -3.44. The van der Waals surface area contributed by atoms with Gasteiger partial charge in [0.1, 0.15) is 18.8 Å². The molecule has 0 aliphatic heterocycles. The zero-order valence-electron chi connectivity index (χ0n) is 18.1. The number of nitrogens with two attached hydrogens (primary N) is 2. The van der Waals surface area contributed by atoms with Crippen LogP contribution in [0.3, 0.4) is 0 Å². The molecule has 1 aromatic heterocycles. The summed E-state index contributed by atoms with van der Waals surface area (Å²) in [4.78, 5) is 33.0. The van der Waals surface area contributed by atoms with Gasteiger partial charge in [-0.1, -0.05) is 0 Å². The van der Waals surface area contributed by atoms with Gasteiger partial charge in [-0.15, -0.1) is 0 Å². The van der Waals surface area contributed by atoms with E-state index >= 15 is 0 Å². The number of anilines is 1. The van der Waals surface area contributed by atoms with Gasteiger partial charge in [0, 0.05) is 12.1 Å². The third-order valence-corrected chi connectivity index (χ3v) is 4.12. The average molecular weight is 542 g/mol. The van der Waals surface area contributed by atoms with E-state index in [2.05, 4.69) is 10.3 Å². The van der Waals surface area contributed by atoms with Crippen LogP contribution in [0.4, 0.5) is 40.9 Å². The van der Waals surface area contributed by atoms with Gasteiger partial charge in [-0.05, 0) is 31.7 Å². The third kappa shape index (κ3) is 12.3. The Morgan fingerprint density at radius 1 is 1.03 bits per heavy atom. The molecule has 1 fully saturated rings. The van der Waals surface area contributed by atoms with E-state index in [9.17, 15) is 39.9 Å². The normalized spacial score (nSPS) is 17.5. The molecular formula is C18H22F8N4O6. The summed E-state index contributed by atoms with van der Waals surface area (Å²) in [7, 11) is 0. The van der Waals surface area contributed by atoms with Gasteiger partial charge in [-0.3, -0.25) is 4.79 Å². The summed E-state index contributed by atoms with van der Waals surface area (Å²) >= 11 is 0. The van der Waals surface area contributed by atoms with E-state index in [0.717, 1.165) is 31.7 Å². The van der Waals surface area contributed by atoms with Crippen molar-refractivity contribution in [3.63, 3.8) is 0 Å². The molecule has 36 heavy (non-hydrogen) atoms. The highest BCUT2D eigenvalue weighted by Gasteiger charge is 2.38. The first kappa shape index (κ1) is 32.6. The van der Waals surface area contributed by atoms with Crippen LogP contribution in [0.1, 0.15) is 36.0 Å². The molecular weight excluding hydrogens is 520 g/mol. The summed E-state index contributed by atoms with van der Waals surface area (Å²) in [5.41, 5.74) is 10.8. The number of aromatic nitrogens is 1. The number of rotatable bonds is 6. The van der Waals surface area contributed by atoms with Crippen LogP contribution < -0.4 is 21.5 Å². The second-order valence-electron chi connectivity index (χ2n) is 6.94. The van der Waals surface area contributed by atoms with E-state index in [0.29, 0.717) is 0 Å². The first-order chi connectivity index (χ1) is 16.4. The van der Waals surface area contributed by atoms with Crippen molar-refractivity contribution in [2.24, 2.45) is 11.5 Å². The highest BCUT2D eigenvalue weighted by Crippen LogP contribution is 2.26. The van der Waals surface area contributed by atoms with Crippen molar-refractivity contribution in [3.8, 4) is 5.88 Å². The number of halogens is 8. The highest BCUT2D eigenvalue weighted by molar-refractivity contribution is 5.95. The minimum atomic E-state index is -5.08. The fourth-order valence-corrected chi connectivity index (χ4v) is 2.45. The molecule has 1 saturated carbocycles. The largest absolute Gasteiger partial charge is 0.490 e. The summed E-state index contributed by atoms with van der Waals surface area (Å²) in [6.07, 6.45) is -6.85. The SMILES string of the molecule is NC(=O)c1cc(F)c(N[C@H]2CC[C@H](N)CC2)nc1OCCF.O=C(O)C(F)(F)F.O=C(O)C(F)(F)F.